The Bertz CT molecular complexity index is 486. The minimum atomic E-state index is 0.665. The molecule has 1 aliphatic carbocycles. The lowest BCUT2D eigenvalue weighted by molar-refractivity contribution is 0.336. The van der Waals surface area contributed by atoms with Crippen molar-refractivity contribution in [2.24, 2.45) is 0 Å². The summed E-state index contributed by atoms with van der Waals surface area (Å²) in [6.45, 7) is 1.88. The lowest BCUT2D eigenvalue weighted by Gasteiger charge is -2.29. The van der Waals surface area contributed by atoms with Gasteiger partial charge in [0.2, 0.25) is 0 Å². The van der Waals surface area contributed by atoms with Gasteiger partial charge in [-0.25, -0.2) is 0 Å². The molecule has 0 unspecified atom stereocenters. The van der Waals surface area contributed by atoms with E-state index in [9.17, 15) is 0 Å². The minimum Gasteiger partial charge on any atom is -0.312 e. The van der Waals surface area contributed by atoms with Gasteiger partial charge in [0.15, 0.2) is 0 Å². The van der Waals surface area contributed by atoms with Crippen LogP contribution in [0, 0.1) is 0 Å². The normalized spacial score (nSPS) is 22.8. The number of hydrogen-bond donors (Lipinski definition) is 1. The van der Waals surface area contributed by atoms with Crippen LogP contribution in [-0.2, 0) is 6.54 Å². The molecule has 20 heavy (non-hydrogen) atoms. The van der Waals surface area contributed by atoms with Crippen molar-refractivity contribution in [1.29, 1.82) is 0 Å². The summed E-state index contributed by atoms with van der Waals surface area (Å²) >= 11 is 0. The third-order valence-electron chi connectivity index (χ3n) is 4.24. The molecule has 1 aromatic heterocycles. The van der Waals surface area contributed by atoms with Gasteiger partial charge in [0.05, 0.1) is 12.7 Å². The fourth-order valence-electron chi connectivity index (χ4n) is 3.09. The number of hydrogen-bond acceptors (Lipinski definition) is 3. The Morgan fingerprint density at radius 3 is 2.60 bits per heavy atom. The average Bonchev–Trinajstić information content (AvgIpc) is 3.02. The number of nitrogens with one attached hydrogen (secondary N) is 1. The molecule has 4 nitrogen and oxygen atoms in total. The molecule has 2 aromatic rings. The van der Waals surface area contributed by atoms with Gasteiger partial charge in [0.1, 0.15) is 0 Å². The zero-order valence-corrected chi connectivity index (χ0v) is 11.8. The van der Waals surface area contributed by atoms with Crippen LogP contribution in [0.1, 0.15) is 37.2 Å². The van der Waals surface area contributed by atoms with Crippen LogP contribution in [0.3, 0.4) is 0 Å². The van der Waals surface area contributed by atoms with E-state index in [0.29, 0.717) is 6.04 Å². The highest BCUT2D eigenvalue weighted by Gasteiger charge is 2.21. The van der Waals surface area contributed by atoms with Gasteiger partial charge in [-0.05, 0) is 37.2 Å². The molecular weight excluding hydrogens is 248 g/mol. The number of nitrogens with zero attached hydrogens (tertiary/aromatic N) is 3. The van der Waals surface area contributed by atoms with Gasteiger partial charge in [-0.15, -0.1) is 5.10 Å². The van der Waals surface area contributed by atoms with Crippen molar-refractivity contribution in [2.75, 3.05) is 6.54 Å². The van der Waals surface area contributed by atoms with Crippen molar-refractivity contribution in [3.8, 4) is 0 Å². The summed E-state index contributed by atoms with van der Waals surface area (Å²) in [7, 11) is 0. The van der Waals surface area contributed by atoms with Crippen molar-refractivity contribution in [1.82, 2.24) is 20.3 Å². The van der Waals surface area contributed by atoms with Crippen LogP contribution in [0.15, 0.2) is 42.7 Å². The van der Waals surface area contributed by atoms with E-state index in [1.165, 1.54) is 31.2 Å². The predicted molar refractivity (Wildman–Crippen MR) is 79.5 cm³/mol. The monoisotopic (exact) mass is 270 g/mol. The van der Waals surface area contributed by atoms with Crippen molar-refractivity contribution < 1.29 is 0 Å². The number of benzene rings is 1. The molecule has 0 saturated heterocycles. The van der Waals surface area contributed by atoms with Crippen LogP contribution < -0.4 is 5.32 Å². The fraction of sp³-hybridized carbons (Fsp3) is 0.500. The van der Waals surface area contributed by atoms with E-state index in [0.717, 1.165) is 19.0 Å². The predicted octanol–water partition coefficient (Wildman–Crippen LogP) is 2.59. The van der Waals surface area contributed by atoms with E-state index < -0.39 is 0 Å². The summed E-state index contributed by atoms with van der Waals surface area (Å²) in [6.07, 6.45) is 8.78. The molecule has 0 bridgehead atoms. The molecule has 1 saturated carbocycles. The summed E-state index contributed by atoms with van der Waals surface area (Å²) in [6, 6.07) is 11.6. The van der Waals surface area contributed by atoms with Gasteiger partial charge >= 0.3 is 0 Å². The van der Waals surface area contributed by atoms with Crippen LogP contribution in [0.2, 0.25) is 0 Å². The average molecular weight is 270 g/mol. The van der Waals surface area contributed by atoms with Gasteiger partial charge in [0.25, 0.3) is 0 Å². The zero-order valence-electron chi connectivity index (χ0n) is 11.8. The minimum absolute atomic E-state index is 0.665. The van der Waals surface area contributed by atoms with Crippen molar-refractivity contribution in [3.63, 3.8) is 0 Å². The Hall–Kier alpha value is -1.68. The molecule has 3 rings (SSSR count). The maximum Gasteiger partial charge on any atom is 0.0692 e. The number of aromatic nitrogens is 3. The third kappa shape index (κ3) is 3.45. The second-order valence-corrected chi connectivity index (χ2v) is 5.58. The van der Waals surface area contributed by atoms with Crippen LogP contribution in [0.4, 0.5) is 0 Å². The molecule has 1 fully saturated rings. The Morgan fingerprint density at radius 1 is 1.10 bits per heavy atom. The van der Waals surface area contributed by atoms with Crippen LogP contribution in [-0.4, -0.2) is 27.6 Å². The summed E-state index contributed by atoms with van der Waals surface area (Å²) in [5.74, 6) is 0.754. The van der Waals surface area contributed by atoms with Gasteiger partial charge in [-0.2, -0.15) is 0 Å². The van der Waals surface area contributed by atoms with Crippen LogP contribution in [0.5, 0.6) is 0 Å². The lowest BCUT2D eigenvalue weighted by Crippen LogP contribution is -2.34. The molecule has 1 aromatic carbocycles. The smallest absolute Gasteiger partial charge is 0.0692 e. The molecule has 1 N–H and O–H groups in total. The van der Waals surface area contributed by atoms with Crippen molar-refractivity contribution in [2.45, 2.75) is 44.2 Å². The quantitative estimate of drug-likeness (QED) is 0.908. The van der Waals surface area contributed by atoms with Crippen LogP contribution in [0.25, 0.3) is 0 Å². The van der Waals surface area contributed by atoms with E-state index in [1.54, 1.807) is 6.20 Å². The van der Waals surface area contributed by atoms with E-state index >= 15 is 0 Å². The maximum absolute atomic E-state index is 3.98. The van der Waals surface area contributed by atoms with Gasteiger partial charge < -0.3 is 5.32 Å². The summed E-state index contributed by atoms with van der Waals surface area (Å²) in [4.78, 5) is 0. The second-order valence-electron chi connectivity index (χ2n) is 5.58. The molecule has 106 valence electrons. The Labute approximate surface area is 120 Å². The van der Waals surface area contributed by atoms with Gasteiger partial charge in [0, 0.05) is 18.8 Å². The molecule has 0 amide bonds. The first-order chi connectivity index (χ1) is 9.92. The molecular formula is C16H22N4. The molecule has 0 aliphatic heterocycles. The Balaban J connectivity index is 1.40. The van der Waals surface area contributed by atoms with Gasteiger partial charge in [-0.1, -0.05) is 35.5 Å². The Morgan fingerprint density at radius 2 is 1.90 bits per heavy atom. The third-order valence-corrected chi connectivity index (χ3v) is 4.24. The molecule has 1 aliphatic rings. The first-order valence-corrected chi connectivity index (χ1v) is 7.54. The highest BCUT2D eigenvalue weighted by Crippen LogP contribution is 2.32. The van der Waals surface area contributed by atoms with E-state index in [4.69, 9.17) is 0 Å². The molecule has 0 spiro atoms. The van der Waals surface area contributed by atoms with E-state index in [-0.39, 0.29) is 0 Å². The first-order valence-electron chi connectivity index (χ1n) is 7.54. The topological polar surface area (TPSA) is 42.7 Å². The standard InChI is InChI=1S/C16H22N4/c1-2-4-14(5-3-1)15-6-8-16(9-7-15)17-10-12-20-13-11-18-19-20/h1-5,11,13,15-17H,6-10,12H2. The molecule has 1 heterocycles. The van der Waals surface area contributed by atoms with Crippen molar-refractivity contribution in [3.05, 3.63) is 48.3 Å². The maximum atomic E-state index is 3.98. The summed E-state index contributed by atoms with van der Waals surface area (Å²) < 4.78 is 1.88. The summed E-state index contributed by atoms with van der Waals surface area (Å²) in [5, 5.41) is 11.4. The van der Waals surface area contributed by atoms with Crippen LogP contribution >= 0.6 is 0 Å². The second kappa shape index (κ2) is 6.66. The number of rotatable bonds is 5. The highest BCUT2D eigenvalue weighted by atomic mass is 15.4. The van der Waals surface area contributed by atoms with Crippen molar-refractivity contribution >= 4 is 0 Å². The molecule has 0 radical (unpaired) electrons. The van der Waals surface area contributed by atoms with Gasteiger partial charge in [-0.3, -0.25) is 4.68 Å². The largest absolute Gasteiger partial charge is 0.312 e. The van der Waals surface area contributed by atoms with E-state index in [1.807, 2.05) is 10.9 Å². The Kier molecular flexibility index (Phi) is 4.43. The zero-order chi connectivity index (χ0) is 13.6. The van der Waals surface area contributed by atoms with E-state index in [2.05, 4.69) is 46.0 Å². The molecule has 0 atom stereocenters. The summed E-state index contributed by atoms with van der Waals surface area (Å²) in [5.41, 5.74) is 1.51. The first kappa shape index (κ1) is 13.3. The lowest BCUT2D eigenvalue weighted by atomic mass is 9.82. The highest BCUT2D eigenvalue weighted by molar-refractivity contribution is 5.20. The molecule has 4 heteroatoms. The fourth-order valence-corrected chi connectivity index (χ4v) is 3.09. The SMILES string of the molecule is c1ccc(C2CCC(NCCn3ccnn3)CC2)cc1.